The number of carboxylic acid groups (broad SMARTS) is 1. The number of hydroxylamine groups is 2. The van der Waals surface area contributed by atoms with Crippen molar-refractivity contribution >= 4 is 6.09 Å². The summed E-state index contributed by atoms with van der Waals surface area (Å²) in [7, 11) is 0. The van der Waals surface area contributed by atoms with E-state index in [4.69, 9.17) is 10.3 Å². The first kappa shape index (κ1) is 13.5. The lowest BCUT2D eigenvalue weighted by Gasteiger charge is -2.15. The maximum atomic E-state index is 10.3. The van der Waals surface area contributed by atoms with Crippen LogP contribution in [-0.2, 0) is 0 Å². The molecule has 5 heteroatoms. The molecular weight excluding hydrogens is 220 g/mol. The number of hydrogen-bond donors (Lipinski definition) is 3. The smallest absolute Gasteiger partial charge is 0.431 e. The van der Waals surface area contributed by atoms with Gasteiger partial charge >= 0.3 is 6.09 Å². The van der Waals surface area contributed by atoms with Crippen LogP contribution in [0.15, 0.2) is 30.3 Å². The molecule has 0 heterocycles. The van der Waals surface area contributed by atoms with Gasteiger partial charge in [0.2, 0.25) is 0 Å². The van der Waals surface area contributed by atoms with Gasteiger partial charge in [-0.15, -0.1) is 0 Å². The molecule has 1 rings (SSSR count). The van der Waals surface area contributed by atoms with Crippen molar-refractivity contribution in [3.8, 4) is 0 Å². The Labute approximate surface area is 101 Å². The number of benzene rings is 1. The molecule has 1 unspecified atom stereocenters. The lowest BCUT2D eigenvalue weighted by atomic mass is 10.1. The zero-order chi connectivity index (χ0) is 12.7. The molecule has 0 saturated carbocycles. The predicted molar refractivity (Wildman–Crippen MR) is 64.0 cm³/mol. The molecule has 0 aliphatic heterocycles. The lowest BCUT2D eigenvalue weighted by molar-refractivity contribution is -0.0640. The maximum Gasteiger partial charge on any atom is 0.431 e. The molecule has 0 bridgehead atoms. The summed E-state index contributed by atoms with van der Waals surface area (Å²) in [5, 5.41) is 20.9. The Hall–Kier alpha value is -1.59. The van der Waals surface area contributed by atoms with Crippen molar-refractivity contribution in [2.45, 2.75) is 19.4 Å². The Balaban J connectivity index is 2.21. The number of rotatable bonds is 6. The van der Waals surface area contributed by atoms with Crippen LogP contribution in [0, 0.1) is 0 Å². The van der Waals surface area contributed by atoms with Crippen LogP contribution in [0.5, 0.6) is 0 Å². The fourth-order valence-corrected chi connectivity index (χ4v) is 1.50. The van der Waals surface area contributed by atoms with Gasteiger partial charge in [-0.25, -0.2) is 4.79 Å². The van der Waals surface area contributed by atoms with E-state index in [1.165, 1.54) is 5.56 Å². The molecule has 1 amide bonds. The zero-order valence-corrected chi connectivity index (χ0v) is 9.84. The van der Waals surface area contributed by atoms with Crippen LogP contribution in [0.2, 0.25) is 0 Å². The van der Waals surface area contributed by atoms with Crippen LogP contribution in [0.25, 0.3) is 0 Å². The Morgan fingerprint density at radius 1 is 1.41 bits per heavy atom. The van der Waals surface area contributed by atoms with Gasteiger partial charge in [-0.2, -0.15) is 5.06 Å². The van der Waals surface area contributed by atoms with Gasteiger partial charge in [0.25, 0.3) is 0 Å². The van der Waals surface area contributed by atoms with E-state index in [0.717, 1.165) is 0 Å². The van der Waals surface area contributed by atoms with Crippen molar-refractivity contribution in [2.75, 3.05) is 13.1 Å². The van der Waals surface area contributed by atoms with Crippen LogP contribution >= 0.6 is 0 Å². The van der Waals surface area contributed by atoms with Crippen molar-refractivity contribution < 1.29 is 15.1 Å². The van der Waals surface area contributed by atoms with Gasteiger partial charge in [-0.1, -0.05) is 30.3 Å². The van der Waals surface area contributed by atoms with E-state index in [9.17, 15) is 4.79 Å². The molecule has 3 N–H and O–H groups in total. The maximum absolute atomic E-state index is 10.3. The highest BCUT2D eigenvalue weighted by molar-refractivity contribution is 5.63. The van der Waals surface area contributed by atoms with E-state index < -0.39 is 6.09 Å². The zero-order valence-electron chi connectivity index (χ0n) is 9.84. The van der Waals surface area contributed by atoms with Crippen molar-refractivity contribution in [1.82, 2.24) is 10.4 Å². The fraction of sp³-hybridized carbons (Fsp3) is 0.417. The third-order valence-electron chi connectivity index (χ3n) is 2.52. The molecule has 0 fully saturated rings. The van der Waals surface area contributed by atoms with E-state index in [-0.39, 0.29) is 12.6 Å². The van der Waals surface area contributed by atoms with Gasteiger partial charge in [0.05, 0.1) is 6.54 Å². The summed E-state index contributed by atoms with van der Waals surface area (Å²) in [5.41, 5.74) is 1.19. The number of hydrogen-bond acceptors (Lipinski definition) is 3. The lowest BCUT2D eigenvalue weighted by Crippen LogP contribution is -2.29. The first-order valence-electron chi connectivity index (χ1n) is 5.59. The predicted octanol–water partition coefficient (Wildman–Crippen LogP) is 2.10. The number of amides is 1. The highest BCUT2D eigenvalue weighted by Crippen LogP contribution is 2.10. The minimum Gasteiger partial charge on any atom is -0.463 e. The first-order valence-corrected chi connectivity index (χ1v) is 5.59. The van der Waals surface area contributed by atoms with E-state index in [1.54, 1.807) is 0 Å². The topological polar surface area (TPSA) is 72.8 Å². The monoisotopic (exact) mass is 238 g/mol. The number of nitrogens with one attached hydrogen (secondary N) is 1. The molecule has 5 nitrogen and oxygen atoms in total. The molecule has 0 spiro atoms. The number of nitrogens with zero attached hydrogens (tertiary/aromatic N) is 1. The van der Waals surface area contributed by atoms with Crippen LogP contribution < -0.4 is 5.32 Å². The SMILES string of the molecule is CC(NCCCN(O)C(=O)O)c1ccccc1. The van der Waals surface area contributed by atoms with Gasteiger partial charge in [0, 0.05) is 6.04 Å². The standard InChI is InChI=1S/C12H18N2O3/c1-10(11-6-3-2-4-7-11)13-8-5-9-14(17)12(15)16/h2-4,6-7,10,13,17H,5,8-9H2,1H3,(H,15,16). The van der Waals surface area contributed by atoms with Crippen LogP contribution in [0.3, 0.4) is 0 Å². The van der Waals surface area contributed by atoms with E-state index in [0.29, 0.717) is 18.0 Å². The second-order valence-electron chi connectivity index (χ2n) is 3.85. The summed E-state index contributed by atoms with van der Waals surface area (Å²) in [6.45, 7) is 2.81. The molecule has 94 valence electrons. The molecule has 0 aliphatic carbocycles. The third kappa shape index (κ3) is 4.84. The minimum absolute atomic E-state index is 0.115. The summed E-state index contributed by atoms with van der Waals surface area (Å²) in [6, 6.07) is 10.2. The molecule has 1 atom stereocenters. The van der Waals surface area contributed by atoms with Crippen molar-refractivity contribution in [3.63, 3.8) is 0 Å². The van der Waals surface area contributed by atoms with Crippen LogP contribution in [-0.4, -0.2) is 34.6 Å². The third-order valence-corrected chi connectivity index (χ3v) is 2.52. The second-order valence-corrected chi connectivity index (χ2v) is 3.85. The molecule has 0 radical (unpaired) electrons. The Morgan fingerprint density at radius 3 is 2.65 bits per heavy atom. The normalized spacial score (nSPS) is 12.1. The first-order chi connectivity index (χ1) is 8.11. The summed E-state index contributed by atoms with van der Waals surface area (Å²) >= 11 is 0. The molecule has 0 aliphatic rings. The van der Waals surface area contributed by atoms with Crippen molar-refractivity contribution in [3.05, 3.63) is 35.9 Å². The van der Waals surface area contributed by atoms with Gasteiger partial charge in [-0.3, -0.25) is 5.21 Å². The van der Waals surface area contributed by atoms with Crippen LogP contribution in [0.1, 0.15) is 24.9 Å². The molecular formula is C12H18N2O3. The Kier molecular flexibility index (Phi) is 5.45. The minimum atomic E-state index is -1.32. The molecule has 17 heavy (non-hydrogen) atoms. The fourth-order valence-electron chi connectivity index (χ4n) is 1.50. The van der Waals surface area contributed by atoms with Gasteiger partial charge < -0.3 is 10.4 Å². The second kappa shape index (κ2) is 6.88. The summed E-state index contributed by atoms with van der Waals surface area (Å²) in [5.74, 6) is 0. The van der Waals surface area contributed by atoms with E-state index in [2.05, 4.69) is 5.32 Å². The highest BCUT2D eigenvalue weighted by Gasteiger charge is 2.07. The molecule has 1 aromatic carbocycles. The highest BCUT2D eigenvalue weighted by atomic mass is 16.6. The van der Waals surface area contributed by atoms with Gasteiger partial charge in [0.1, 0.15) is 0 Å². The van der Waals surface area contributed by atoms with Crippen molar-refractivity contribution in [2.24, 2.45) is 0 Å². The average molecular weight is 238 g/mol. The van der Waals surface area contributed by atoms with Gasteiger partial charge in [-0.05, 0) is 25.5 Å². The number of carbonyl (C=O) groups is 1. The largest absolute Gasteiger partial charge is 0.463 e. The quantitative estimate of drug-likeness (QED) is 0.403. The van der Waals surface area contributed by atoms with Crippen LogP contribution in [0.4, 0.5) is 4.79 Å². The Morgan fingerprint density at radius 2 is 2.06 bits per heavy atom. The average Bonchev–Trinajstić information content (AvgIpc) is 2.35. The van der Waals surface area contributed by atoms with E-state index in [1.807, 2.05) is 37.3 Å². The summed E-state index contributed by atoms with van der Waals surface area (Å²) < 4.78 is 0. The van der Waals surface area contributed by atoms with E-state index >= 15 is 0 Å². The van der Waals surface area contributed by atoms with Crippen molar-refractivity contribution in [1.29, 1.82) is 0 Å². The summed E-state index contributed by atoms with van der Waals surface area (Å²) in [4.78, 5) is 10.3. The molecule has 0 saturated heterocycles. The van der Waals surface area contributed by atoms with Gasteiger partial charge in [0.15, 0.2) is 0 Å². The molecule has 0 aromatic heterocycles. The Bertz CT molecular complexity index is 343. The molecule has 1 aromatic rings. The summed E-state index contributed by atoms with van der Waals surface area (Å²) in [6.07, 6.45) is -0.749.